The van der Waals surface area contributed by atoms with E-state index in [1.165, 1.54) is 38.5 Å². The van der Waals surface area contributed by atoms with Crippen molar-refractivity contribution in [1.82, 2.24) is 4.98 Å². The number of benzene rings is 2. The van der Waals surface area contributed by atoms with Crippen molar-refractivity contribution < 1.29 is 39.3 Å². The van der Waals surface area contributed by atoms with Gasteiger partial charge in [-0.2, -0.15) is 0 Å². The Morgan fingerprint density at radius 2 is 1.96 bits per heavy atom. The first-order valence-electron chi connectivity index (χ1n) is 14.9. The van der Waals surface area contributed by atoms with Gasteiger partial charge in [-0.3, -0.25) is 24.7 Å². The molecule has 3 aromatic rings. The highest BCUT2D eigenvalue weighted by molar-refractivity contribution is 14.1. The van der Waals surface area contributed by atoms with Gasteiger partial charge in [-0.25, -0.2) is 4.90 Å². The number of anilines is 1. The van der Waals surface area contributed by atoms with Gasteiger partial charge in [0.15, 0.2) is 11.5 Å². The summed E-state index contributed by atoms with van der Waals surface area (Å²) >= 11 is 2.02. The molecule has 3 N–H and O–H groups in total. The number of halogens is 1. The van der Waals surface area contributed by atoms with E-state index in [1.807, 2.05) is 40.8 Å². The summed E-state index contributed by atoms with van der Waals surface area (Å²) in [5.74, 6) is -3.40. The number of phenols is 1. The topological polar surface area (TPSA) is 173 Å². The van der Waals surface area contributed by atoms with Crippen LogP contribution in [0.1, 0.15) is 30.5 Å². The molecule has 5 rings (SSSR count). The fourth-order valence-electron chi connectivity index (χ4n) is 6.57. The summed E-state index contributed by atoms with van der Waals surface area (Å²) in [6.45, 7) is -0.420. The van der Waals surface area contributed by atoms with Gasteiger partial charge >= 0.3 is 0 Å². The Labute approximate surface area is 284 Å². The van der Waals surface area contributed by atoms with Crippen LogP contribution in [-0.2, 0) is 14.3 Å². The lowest BCUT2D eigenvalue weighted by molar-refractivity contribution is -0.384. The number of nitro benzene ring substituents is 1. The summed E-state index contributed by atoms with van der Waals surface area (Å²) < 4.78 is 11.4. The van der Waals surface area contributed by atoms with Gasteiger partial charge in [0.05, 0.1) is 58.1 Å². The molecule has 2 aromatic carbocycles. The monoisotopic (exact) mass is 755 g/mol. The molecule has 1 fully saturated rings. The van der Waals surface area contributed by atoms with Gasteiger partial charge in [-0.05, 0) is 101 Å². The fourth-order valence-corrected chi connectivity index (χ4v) is 7.20. The van der Waals surface area contributed by atoms with Gasteiger partial charge in [0.25, 0.3) is 5.69 Å². The van der Waals surface area contributed by atoms with Crippen LogP contribution in [0.15, 0.2) is 71.9 Å². The van der Waals surface area contributed by atoms with Gasteiger partial charge in [0, 0.05) is 31.4 Å². The smallest absolute Gasteiger partial charge is 0.271 e. The van der Waals surface area contributed by atoms with Crippen LogP contribution in [0, 0.1) is 31.4 Å². The Hall–Kier alpha value is -4.18. The molecule has 0 saturated carbocycles. The van der Waals surface area contributed by atoms with Crippen molar-refractivity contribution in [3.8, 4) is 11.5 Å². The number of aliphatic hydroxyl groups is 2. The second kappa shape index (κ2) is 14.7. The molecule has 2 amide bonds. The number of carbonyl (C=O) groups is 2. The molecule has 0 unspecified atom stereocenters. The van der Waals surface area contributed by atoms with E-state index in [4.69, 9.17) is 9.47 Å². The molecule has 0 bridgehead atoms. The minimum Gasteiger partial charge on any atom is -0.504 e. The first-order valence-corrected chi connectivity index (χ1v) is 16.0. The number of aromatic nitrogens is 1. The highest BCUT2D eigenvalue weighted by atomic mass is 127. The van der Waals surface area contributed by atoms with Gasteiger partial charge in [0.1, 0.15) is 0 Å². The number of pyridine rings is 1. The highest BCUT2D eigenvalue weighted by Crippen LogP contribution is 2.47. The number of hydrogen-bond acceptors (Lipinski definition) is 10. The quantitative estimate of drug-likeness (QED) is 0.0770. The molecule has 12 nitrogen and oxygen atoms in total. The van der Waals surface area contributed by atoms with Crippen molar-refractivity contribution in [3.05, 3.63) is 96.9 Å². The first kappa shape index (κ1) is 34.2. The van der Waals surface area contributed by atoms with Crippen molar-refractivity contribution >= 4 is 57.4 Å². The summed E-state index contributed by atoms with van der Waals surface area (Å²) in [6.07, 6.45) is 3.14. The Kier molecular flexibility index (Phi) is 10.7. The number of aliphatic hydroxyl groups excluding tert-OH is 2. The first-order chi connectivity index (χ1) is 22.6. The molecule has 1 aromatic heterocycles. The molecule has 13 heteroatoms. The van der Waals surface area contributed by atoms with Gasteiger partial charge in [-0.15, -0.1) is 0 Å². The van der Waals surface area contributed by atoms with E-state index in [1.54, 1.807) is 24.4 Å². The Morgan fingerprint density at radius 3 is 2.62 bits per heavy atom. The number of imide groups is 1. The van der Waals surface area contributed by atoms with E-state index in [2.05, 4.69) is 4.98 Å². The number of nitrogens with zero attached hydrogens (tertiary/aromatic N) is 3. The average Bonchev–Trinajstić information content (AvgIpc) is 3.32. The van der Waals surface area contributed by atoms with Gasteiger partial charge in [-0.1, -0.05) is 12.1 Å². The predicted octanol–water partition coefficient (Wildman–Crippen LogP) is 4.75. The Bertz CT molecular complexity index is 1740. The minimum absolute atomic E-state index is 0.0345. The third-order valence-corrected chi connectivity index (χ3v) is 9.47. The molecule has 1 saturated heterocycles. The fraction of sp³-hybridized carbons (Fsp3) is 0.324. The van der Waals surface area contributed by atoms with Gasteiger partial charge < -0.3 is 24.8 Å². The normalized spacial score (nSPS) is 20.4. The Balaban J connectivity index is 1.46. The second-order valence-electron chi connectivity index (χ2n) is 11.4. The van der Waals surface area contributed by atoms with Crippen LogP contribution in [0.5, 0.6) is 11.5 Å². The number of methoxy groups -OCH3 is 2. The summed E-state index contributed by atoms with van der Waals surface area (Å²) in [5.41, 5.74) is 3.13. The van der Waals surface area contributed by atoms with Crippen LogP contribution < -0.4 is 9.64 Å². The molecule has 0 radical (unpaired) electrons. The SMILES string of the molecule is COCC1=C([C@H](O)CC/C(=C/c2cc(I)c(O)c(OC)c2)c2ccccn2)[C@H](CO)[C@@H]2C(=O)N(c3cccc([N+](=O)[O-])c3)C(=O)[C@@H]2C1. The maximum atomic E-state index is 13.8. The highest BCUT2D eigenvalue weighted by Gasteiger charge is 2.55. The van der Waals surface area contributed by atoms with Crippen LogP contribution in [0.3, 0.4) is 0 Å². The summed E-state index contributed by atoms with van der Waals surface area (Å²) in [4.78, 5) is 43.7. The average molecular weight is 756 g/mol. The molecule has 2 heterocycles. The number of non-ortho nitro benzene ring substituents is 1. The van der Waals surface area contributed by atoms with E-state index in [0.29, 0.717) is 32.6 Å². The summed E-state index contributed by atoms with van der Waals surface area (Å²) in [5, 5.41) is 44.1. The van der Waals surface area contributed by atoms with E-state index in [9.17, 15) is 35.0 Å². The molecular weight excluding hydrogens is 721 g/mol. The maximum Gasteiger partial charge on any atom is 0.271 e. The standard InChI is InChI=1S/C34H34IN3O9/c1-46-18-21-15-24-31(34(43)37(33(24)42)22-6-5-7-23(16-22)38(44)45)25(17-39)30(21)28(40)10-9-20(27-8-3-4-11-36-27)12-19-13-26(35)32(41)29(14-19)47-2/h3-8,11-14,16,24-25,28,31,39-41H,9-10,15,17-18H2,1-2H3/b20-12-/t24-,25+,28-,31-/m1/s1. The molecule has 2 aliphatic rings. The molecule has 47 heavy (non-hydrogen) atoms. The summed E-state index contributed by atoms with van der Waals surface area (Å²) in [6, 6.07) is 14.3. The number of fused-ring (bicyclic) bond motifs is 1. The van der Waals surface area contributed by atoms with Crippen LogP contribution in [0.4, 0.5) is 11.4 Å². The number of phenolic OH excluding ortho intramolecular Hbond substituents is 1. The van der Waals surface area contributed by atoms with Crippen LogP contribution >= 0.6 is 22.6 Å². The molecule has 1 aliphatic heterocycles. The zero-order valence-electron chi connectivity index (χ0n) is 25.7. The van der Waals surface area contributed by atoms with E-state index in [-0.39, 0.29) is 36.6 Å². The minimum atomic E-state index is -1.10. The zero-order valence-corrected chi connectivity index (χ0v) is 27.9. The molecule has 246 valence electrons. The number of rotatable bonds is 12. The lowest BCUT2D eigenvalue weighted by Crippen LogP contribution is -2.39. The lowest BCUT2D eigenvalue weighted by atomic mass is 9.68. The number of ether oxygens (including phenoxy) is 2. The largest absolute Gasteiger partial charge is 0.504 e. The lowest BCUT2D eigenvalue weighted by Gasteiger charge is -2.36. The zero-order chi connectivity index (χ0) is 33.8. The van der Waals surface area contributed by atoms with Crippen molar-refractivity contribution in [2.24, 2.45) is 17.8 Å². The maximum absolute atomic E-state index is 13.8. The number of allylic oxidation sites excluding steroid dienone is 1. The molecule has 4 atom stereocenters. The third-order valence-electron chi connectivity index (χ3n) is 8.65. The molecule has 0 spiro atoms. The second-order valence-corrected chi connectivity index (χ2v) is 12.6. The third kappa shape index (κ3) is 6.93. The van der Waals surface area contributed by atoms with Crippen LogP contribution in [-0.4, -0.2) is 70.6 Å². The number of amides is 2. The van der Waals surface area contributed by atoms with Gasteiger partial charge in [0.2, 0.25) is 11.8 Å². The number of aromatic hydroxyl groups is 1. The van der Waals surface area contributed by atoms with E-state index < -0.39 is 47.2 Å². The van der Waals surface area contributed by atoms with Crippen molar-refractivity contribution in [1.29, 1.82) is 0 Å². The predicted molar refractivity (Wildman–Crippen MR) is 181 cm³/mol. The van der Waals surface area contributed by atoms with Crippen LogP contribution in [0.2, 0.25) is 0 Å². The number of hydrogen-bond donors (Lipinski definition) is 3. The van der Waals surface area contributed by atoms with Crippen molar-refractivity contribution in [2.75, 3.05) is 32.3 Å². The number of carbonyl (C=O) groups excluding carboxylic acids is 2. The van der Waals surface area contributed by atoms with Crippen molar-refractivity contribution in [2.45, 2.75) is 25.4 Å². The van der Waals surface area contributed by atoms with E-state index in [0.717, 1.165) is 16.0 Å². The number of nitro groups is 1. The molecular formula is C34H34IN3O9. The molecule has 1 aliphatic carbocycles. The Morgan fingerprint density at radius 1 is 1.17 bits per heavy atom. The summed E-state index contributed by atoms with van der Waals surface area (Å²) in [7, 11) is 2.96. The van der Waals surface area contributed by atoms with E-state index >= 15 is 0 Å². The van der Waals surface area contributed by atoms with Crippen molar-refractivity contribution in [3.63, 3.8) is 0 Å². The van der Waals surface area contributed by atoms with Crippen LogP contribution in [0.25, 0.3) is 11.6 Å².